The molecule has 2 amide bonds. The Labute approximate surface area is 106 Å². The second kappa shape index (κ2) is 4.16. The highest BCUT2D eigenvalue weighted by Crippen LogP contribution is 2.33. The van der Waals surface area contributed by atoms with Gasteiger partial charge in [0.05, 0.1) is 12.8 Å². The number of carbonyl (C=O) groups excluding carboxylic acids is 1. The van der Waals surface area contributed by atoms with E-state index in [2.05, 4.69) is 5.32 Å². The van der Waals surface area contributed by atoms with E-state index >= 15 is 0 Å². The van der Waals surface area contributed by atoms with Gasteiger partial charge in [0.25, 0.3) is 10.0 Å². The van der Waals surface area contributed by atoms with Crippen molar-refractivity contribution in [1.29, 1.82) is 0 Å². The minimum Gasteiger partial charge on any atom is -0.497 e. The minimum atomic E-state index is -3.82. The van der Waals surface area contributed by atoms with Crippen molar-refractivity contribution in [3.8, 4) is 5.75 Å². The number of ether oxygens (including phenoxy) is 1. The number of nitrogens with zero attached hydrogens (tertiary/aromatic N) is 1. The molecule has 2 rings (SSSR count). The zero-order valence-electron chi connectivity index (χ0n) is 10.3. The van der Waals surface area contributed by atoms with Crippen LogP contribution in [0.3, 0.4) is 0 Å². The van der Waals surface area contributed by atoms with Crippen molar-refractivity contribution in [2.75, 3.05) is 12.4 Å². The topological polar surface area (TPSA) is 75.7 Å². The highest BCUT2D eigenvalue weighted by molar-refractivity contribution is 7.90. The Balaban J connectivity index is 2.64. The first-order chi connectivity index (χ1) is 8.37. The van der Waals surface area contributed by atoms with Crippen LogP contribution < -0.4 is 10.1 Å². The number of benzene rings is 1. The summed E-state index contributed by atoms with van der Waals surface area (Å²) < 4.78 is 30.5. The number of rotatable bonds is 2. The molecule has 98 valence electrons. The average Bonchev–Trinajstić information content (AvgIpc) is 2.27. The van der Waals surface area contributed by atoms with Crippen molar-refractivity contribution in [3.05, 3.63) is 18.2 Å². The number of urea groups is 1. The van der Waals surface area contributed by atoms with Gasteiger partial charge in [0.2, 0.25) is 0 Å². The first-order valence-electron chi connectivity index (χ1n) is 5.41. The first kappa shape index (κ1) is 12.7. The number of fused-ring (bicyclic) bond motifs is 1. The Morgan fingerprint density at radius 3 is 2.56 bits per heavy atom. The van der Waals surface area contributed by atoms with E-state index in [0.29, 0.717) is 5.75 Å². The summed E-state index contributed by atoms with van der Waals surface area (Å²) in [5.41, 5.74) is 0.276. The molecule has 0 atom stereocenters. The summed E-state index contributed by atoms with van der Waals surface area (Å²) in [6, 6.07) is 3.43. The molecule has 6 nitrogen and oxygen atoms in total. The van der Waals surface area contributed by atoms with Gasteiger partial charge in [-0.2, -0.15) is 0 Å². The lowest BCUT2D eigenvalue weighted by molar-refractivity contribution is 0.228. The predicted octanol–water partition coefficient (Wildman–Crippen LogP) is 1.64. The molecule has 0 saturated heterocycles. The number of hydrogen-bond acceptors (Lipinski definition) is 4. The third-order valence-electron chi connectivity index (χ3n) is 2.64. The standard InChI is InChI=1S/C11H14N2O4S/c1-7(2)13-11(14)12-9-5-4-8(17-3)6-10(9)18(13,15)16/h4-7H,1-3H3,(H,12,14). The van der Waals surface area contributed by atoms with Crippen LogP contribution in [0.25, 0.3) is 0 Å². The maximum absolute atomic E-state index is 12.3. The van der Waals surface area contributed by atoms with Crippen molar-refractivity contribution in [2.24, 2.45) is 0 Å². The summed E-state index contributed by atoms with van der Waals surface area (Å²) in [7, 11) is -2.37. The molecule has 1 aliphatic rings. The van der Waals surface area contributed by atoms with E-state index in [1.54, 1.807) is 19.9 Å². The van der Waals surface area contributed by atoms with Crippen LogP contribution in [-0.4, -0.2) is 31.9 Å². The van der Waals surface area contributed by atoms with Gasteiger partial charge >= 0.3 is 6.03 Å². The maximum atomic E-state index is 12.3. The third-order valence-corrected chi connectivity index (χ3v) is 4.64. The fraction of sp³-hybridized carbons (Fsp3) is 0.364. The van der Waals surface area contributed by atoms with Crippen LogP contribution in [-0.2, 0) is 10.0 Å². The molecule has 0 spiro atoms. The van der Waals surface area contributed by atoms with Gasteiger partial charge in [-0.25, -0.2) is 17.5 Å². The van der Waals surface area contributed by atoms with Gasteiger partial charge in [-0.05, 0) is 26.0 Å². The quantitative estimate of drug-likeness (QED) is 0.886. The number of carbonyl (C=O) groups is 1. The van der Waals surface area contributed by atoms with Gasteiger partial charge in [-0.3, -0.25) is 0 Å². The Bertz CT molecular complexity index is 595. The Kier molecular flexibility index (Phi) is 2.94. The molecule has 0 aromatic heterocycles. The van der Waals surface area contributed by atoms with Crippen LogP contribution in [0.5, 0.6) is 5.75 Å². The van der Waals surface area contributed by atoms with Crippen molar-refractivity contribution >= 4 is 21.7 Å². The van der Waals surface area contributed by atoms with Crippen molar-refractivity contribution in [2.45, 2.75) is 24.8 Å². The van der Waals surface area contributed by atoms with Crippen LogP contribution in [0.15, 0.2) is 23.1 Å². The number of anilines is 1. The van der Waals surface area contributed by atoms with Gasteiger partial charge in [-0.1, -0.05) is 0 Å². The fourth-order valence-corrected chi connectivity index (χ4v) is 3.54. The van der Waals surface area contributed by atoms with Crippen molar-refractivity contribution in [3.63, 3.8) is 0 Å². The molecule has 0 aliphatic carbocycles. The highest BCUT2D eigenvalue weighted by Gasteiger charge is 2.38. The molecule has 0 bridgehead atoms. The molecule has 0 fully saturated rings. The van der Waals surface area contributed by atoms with Gasteiger partial charge in [0, 0.05) is 12.1 Å². The summed E-state index contributed by atoms with van der Waals surface area (Å²) in [6.07, 6.45) is 0. The van der Waals surface area contributed by atoms with Crippen LogP contribution in [0.2, 0.25) is 0 Å². The first-order valence-corrected chi connectivity index (χ1v) is 6.85. The Hall–Kier alpha value is -1.76. The number of nitrogens with one attached hydrogen (secondary N) is 1. The summed E-state index contributed by atoms with van der Waals surface area (Å²) in [5, 5.41) is 2.55. The van der Waals surface area contributed by atoms with Crippen molar-refractivity contribution < 1.29 is 17.9 Å². The lowest BCUT2D eigenvalue weighted by Crippen LogP contribution is -2.47. The lowest BCUT2D eigenvalue weighted by Gasteiger charge is -2.31. The molecule has 1 N–H and O–H groups in total. The van der Waals surface area contributed by atoms with E-state index in [1.807, 2.05) is 0 Å². The molecule has 1 aliphatic heterocycles. The molecular formula is C11H14N2O4S. The summed E-state index contributed by atoms with van der Waals surface area (Å²) in [5.74, 6) is 0.428. The van der Waals surface area contributed by atoms with Crippen LogP contribution in [0.4, 0.5) is 10.5 Å². The largest absolute Gasteiger partial charge is 0.497 e. The Morgan fingerprint density at radius 2 is 2.00 bits per heavy atom. The van der Waals surface area contributed by atoms with Gasteiger partial charge in [0.15, 0.2) is 0 Å². The number of amides is 2. The van der Waals surface area contributed by atoms with Crippen LogP contribution >= 0.6 is 0 Å². The molecule has 0 unspecified atom stereocenters. The third kappa shape index (κ3) is 1.80. The van der Waals surface area contributed by atoms with Gasteiger partial charge < -0.3 is 10.1 Å². The Morgan fingerprint density at radius 1 is 1.33 bits per heavy atom. The minimum absolute atomic E-state index is 0.0511. The van der Waals surface area contributed by atoms with Crippen molar-refractivity contribution in [1.82, 2.24) is 4.31 Å². The number of sulfonamides is 1. The molecular weight excluding hydrogens is 256 g/mol. The second-order valence-electron chi connectivity index (χ2n) is 4.19. The normalized spacial score (nSPS) is 17.3. The fourth-order valence-electron chi connectivity index (χ4n) is 1.84. The lowest BCUT2D eigenvalue weighted by atomic mass is 10.3. The number of methoxy groups -OCH3 is 1. The van der Waals surface area contributed by atoms with E-state index in [1.165, 1.54) is 19.2 Å². The monoisotopic (exact) mass is 270 g/mol. The molecule has 18 heavy (non-hydrogen) atoms. The maximum Gasteiger partial charge on any atom is 0.336 e. The molecule has 1 aromatic rings. The van der Waals surface area contributed by atoms with Gasteiger partial charge in [0.1, 0.15) is 10.6 Å². The smallest absolute Gasteiger partial charge is 0.336 e. The molecule has 7 heteroatoms. The predicted molar refractivity (Wildman–Crippen MR) is 66.2 cm³/mol. The van der Waals surface area contributed by atoms with Gasteiger partial charge in [-0.15, -0.1) is 0 Å². The van der Waals surface area contributed by atoms with E-state index in [4.69, 9.17) is 4.74 Å². The summed E-state index contributed by atoms with van der Waals surface area (Å²) in [4.78, 5) is 11.8. The molecule has 1 aromatic carbocycles. The van der Waals surface area contributed by atoms with Crippen LogP contribution in [0, 0.1) is 0 Å². The molecule has 0 radical (unpaired) electrons. The summed E-state index contributed by atoms with van der Waals surface area (Å²) >= 11 is 0. The van der Waals surface area contributed by atoms with Crippen LogP contribution in [0.1, 0.15) is 13.8 Å². The zero-order chi connectivity index (χ0) is 13.5. The van der Waals surface area contributed by atoms with E-state index in [0.717, 1.165) is 4.31 Å². The summed E-state index contributed by atoms with van der Waals surface area (Å²) in [6.45, 7) is 3.28. The highest BCUT2D eigenvalue weighted by atomic mass is 32.2. The molecule has 0 saturated carbocycles. The number of hydrogen-bond donors (Lipinski definition) is 1. The zero-order valence-corrected chi connectivity index (χ0v) is 11.1. The average molecular weight is 270 g/mol. The second-order valence-corrected chi connectivity index (χ2v) is 5.97. The van der Waals surface area contributed by atoms with E-state index in [9.17, 15) is 13.2 Å². The SMILES string of the molecule is COc1ccc2c(c1)S(=O)(=O)N(C(C)C)C(=O)N2. The van der Waals surface area contributed by atoms with E-state index in [-0.39, 0.29) is 10.6 Å². The van der Waals surface area contributed by atoms with E-state index < -0.39 is 22.1 Å². The molecule has 1 heterocycles.